The lowest BCUT2D eigenvalue weighted by Crippen LogP contribution is -2.20. The third kappa shape index (κ3) is 2.55. The van der Waals surface area contributed by atoms with Crippen LogP contribution in [0.3, 0.4) is 0 Å². The largest absolute Gasteiger partial charge is 0.321 e. The number of hydrogen-bond donors (Lipinski definition) is 0. The van der Waals surface area contributed by atoms with Crippen LogP contribution in [-0.4, -0.2) is 19.4 Å². The lowest BCUT2D eigenvalue weighted by molar-refractivity contribution is 0.859. The maximum Gasteiger partial charge on any atom is 0.172 e. The van der Waals surface area contributed by atoms with Gasteiger partial charge in [-0.15, -0.1) is 0 Å². The maximum atomic E-state index is 4.28. The van der Waals surface area contributed by atoms with E-state index in [-0.39, 0.29) is 0 Å². The SMILES string of the molecule is CC(C)c1ccc2ccc(C(C)C)c(N3[C]=NCC3)c2c1. The lowest BCUT2D eigenvalue weighted by atomic mass is 9.92. The Bertz CT molecular complexity index is 678. The molecule has 109 valence electrons. The maximum absolute atomic E-state index is 4.28. The van der Waals surface area contributed by atoms with Crippen molar-refractivity contribution in [3.05, 3.63) is 41.5 Å². The summed E-state index contributed by atoms with van der Waals surface area (Å²) in [6, 6.07) is 11.3. The van der Waals surface area contributed by atoms with Crippen LogP contribution in [0, 0.1) is 0 Å². The highest BCUT2D eigenvalue weighted by Crippen LogP contribution is 2.36. The van der Waals surface area contributed by atoms with Crippen molar-refractivity contribution in [2.45, 2.75) is 39.5 Å². The van der Waals surface area contributed by atoms with Gasteiger partial charge in [-0.25, -0.2) is 0 Å². The Morgan fingerprint density at radius 2 is 1.81 bits per heavy atom. The van der Waals surface area contributed by atoms with Crippen LogP contribution in [0.2, 0.25) is 0 Å². The molecule has 1 aliphatic rings. The van der Waals surface area contributed by atoms with Gasteiger partial charge < -0.3 is 4.90 Å². The summed E-state index contributed by atoms with van der Waals surface area (Å²) in [7, 11) is 0. The Morgan fingerprint density at radius 1 is 1.05 bits per heavy atom. The number of rotatable bonds is 3. The minimum Gasteiger partial charge on any atom is -0.321 e. The molecule has 21 heavy (non-hydrogen) atoms. The van der Waals surface area contributed by atoms with Gasteiger partial charge in [-0.2, -0.15) is 0 Å². The third-order valence-electron chi connectivity index (χ3n) is 4.23. The highest BCUT2D eigenvalue weighted by atomic mass is 15.2. The first-order valence-electron chi connectivity index (χ1n) is 7.84. The second-order valence-electron chi connectivity index (χ2n) is 6.43. The van der Waals surface area contributed by atoms with E-state index in [4.69, 9.17) is 0 Å². The average molecular weight is 279 g/mol. The molecule has 0 atom stereocenters. The zero-order valence-electron chi connectivity index (χ0n) is 13.4. The first kappa shape index (κ1) is 14.1. The van der Waals surface area contributed by atoms with Crippen molar-refractivity contribution >= 4 is 22.8 Å². The van der Waals surface area contributed by atoms with E-state index < -0.39 is 0 Å². The van der Waals surface area contributed by atoms with Crippen molar-refractivity contribution in [2.75, 3.05) is 18.0 Å². The van der Waals surface area contributed by atoms with Crippen LogP contribution in [0.5, 0.6) is 0 Å². The first-order chi connectivity index (χ1) is 10.1. The van der Waals surface area contributed by atoms with Crippen LogP contribution in [-0.2, 0) is 0 Å². The fourth-order valence-electron chi connectivity index (χ4n) is 2.96. The molecule has 0 amide bonds. The van der Waals surface area contributed by atoms with Gasteiger partial charge in [0.2, 0.25) is 0 Å². The van der Waals surface area contributed by atoms with Crippen LogP contribution in [0.15, 0.2) is 35.3 Å². The summed E-state index contributed by atoms with van der Waals surface area (Å²) in [5.74, 6) is 1.04. The molecule has 0 spiro atoms. The Kier molecular flexibility index (Phi) is 3.71. The molecule has 3 rings (SSSR count). The fourth-order valence-corrected chi connectivity index (χ4v) is 2.96. The molecular weight excluding hydrogens is 256 g/mol. The summed E-state index contributed by atoms with van der Waals surface area (Å²) in [6.45, 7) is 10.8. The molecular formula is C19H23N2. The highest BCUT2D eigenvalue weighted by Gasteiger charge is 2.19. The number of benzene rings is 2. The third-order valence-corrected chi connectivity index (χ3v) is 4.23. The van der Waals surface area contributed by atoms with Gasteiger partial charge in [0.15, 0.2) is 6.34 Å². The molecule has 0 aliphatic carbocycles. The van der Waals surface area contributed by atoms with Crippen molar-refractivity contribution in [3.8, 4) is 0 Å². The normalized spacial score (nSPS) is 14.9. The molecule has 2 heteroatoms. The highest BCUT2D eigenvalue weighted by molar-refractivity contribution is 6.01. The van der Waals surface area contributed by atoms with Crippen molar-refractivity contribution in [1.82, 2.24) is 0 Å². The van der Waals surface area contributed by atoms with Crippen LogP contribution >= 0.6 is 0 Å². The van der Waals surface area contributed by atoms with Gasteiger partial charge in [0, 0.05) is 11.9 Å². The monoisotopic (exact) mass is 279 g/mol. The number of aliphatic imine (C=N–C) groups is 1. The van der Waals surface area contributed by atoms with Gasteiger partial charge in [-0.3, -0.25) is 4.99 Å². The van der Waals surface area contributed by atoms with Gasteiger partial charge in [-0.1, -0.05) is 52.0 Å². The van der Waals surface area contributed by atoms with E-state index in [2.05, 4.69) is 74.3 Å². The fraction of sp³-hybridized carbons (Fsp3) is 0.421. The second-order valence-corrected chi connectivity index (χ2v) is 6.43. The van der Waals surface area contributed by atoms with Crippen molar-refractivity contribution < 1.29 is 0 Å². The molecule has 0 fully saturated rings. The zero-order chi connectivity index (χ0) is 15.0. The molecule has 1 radical (unpaired) electrons. The van der Waals surface area contributed by atoms with Crippen molar-refractivity contribution in [2.24, 2.45) is 4.99 Å². The summed E-state index contributed by atoms with van der Waals surface area (Å²) >= 11 is 0. The Labute approximate surface area is 127 Å². The molecule has 0 N–H and O–H groups in total. The van der Waals surface area contributed by atoms with Gasteiger partial charge in [0.1, 0.15) is 0 Å². The minimum atomic E-state index is 0.495. The molecule has 2 aromatic rings. The van der Waals surface area contributed by atoms with Crippen LogP contribution in [0.25, 0.3) is 10.8 Å². The summed E-state index contributed by atoms with van der Waals surface area (Å²) < 4.78 is 0. The standard InChI is InChI=1S/C19H23N2/c1-13(2)16-6-5-15-7-8-17(14(3)4)19(18(15)11-16)21-10-9-20-12-21/h5-8,11,13-14H,9-10H2,1-4H3. The number of fused-ring (bicyclic) bond motifs is 1. The number of hydrogen-bond acceptors (Lipinski definition) is 2. The molecule has 2 aromatic carbocycles. The molecule has 0 aromatic heterocycles. The Balaban J connectivity index is 2.28. The van der Waals surface area contributed by atoms with E-state index in [9.17, 15) is 0 Å². The van der Waals surface area contributed by atoms with Crippen LogP contribution in [0.1, 0.15) is 50.7 Å². The number of nitrogens with zero attached hydrogens (tertiary/aromatic N) is 2. The van der Waals surface area contributed by atoms with E-state index >= 15 is 0 Å². The molecule has 0 saturated carbocycles. The van der Waals surface area contributed by atoms with Crippen molar-refractivity contribution in [1.29, 1.82) is 0 Å². The molecule has 0 saturated heterocycles. The topological polar surface area (TPSA) is 15.6 Å². The van der Waals surface area contributed by atoms with E-state index in [0.717, 1.165) is 13.1 Å². The lowest BCUT2D eigenvalue weighted by Gasteiger charge is -2.23. The van der Waals surface area contributed by atoms with E-state index in [1.54, 1.807) is 0 Å². The Hall–Kier alpha value is -1.83. The van der Waals surface area contributed by atoms with E-state index in [1.165, 1.54) is 27.6 Å². The quantitative estimate of drug-likeness (QED) is 0.787. The zero-order valence-corrected chi connectivity index (χ0v) is 13.4. The summed E-state index contributed by atoms with van der Waals surface area (Å²) in [5.41, 5.74) is 4.07. The Morgan fingerprint density at radius 3 is 2.43 bits per heavy atom. The predicted octanol–water partition coefficient (Wildman–Crippen LogP) is 4.81. The van der Waals surface area contributed by atoms with Gasteiger partial charge in [0.05, 0.1) is 12.2 Å². The minimum absolute atomic E-state index is 0.495. The smallest absolute Gasteiger partial charge is 0.172 e. The van der Waals surface area contributed by atoms with Crippen LogP contribution in [0.4, 0.5) is 5.69 Å². The van der Waals surface area contributed by atoms with Gasteiger partial charge in [-0.05, 0) is 34.4 Å². The molecule has 2 nitrogen and oxygen atoms in total. The second kappa shape index (κ2) is 5.51. The first-order valence-corrected chi connectivity index (χ1v) is 7.84. The average Bonchev–Trinajstić information content (AvgIpc) is 2.98. The summed E-state index contributed by atoms with van der Waals surface area (Å²) in [5, 5.41) is 2.63. The number of anilines is 1. The molecule has 1 heterocycles. The molecule has 1 aliphatic heterocycles. The van der Waals surface area contributed by atoms with Gasteiger partial charge >= 0.3 is 0 Å². The van der Waals surface area contributed by atoms with Crippen molar-refractivity contribution in [3.63, 3.8) is 0 Å². The van der Waals surface area contributed by atoms with Gasteiger partial charge in [0.25, 0.3) is 0 Å². The predicted molar refractivity (Wildman–Crippen MR) is 91.8 cm³/mol. The van der Waals surface area contributed by atoms with E-state index in [0.29, 0.717) is 11.8 Å². The summed E-state index contributed by atoms with van der Waals surface area (Å²) in [6.07, 6.45) is 3.17. The van der Waals surface area contributed by atoms with Crippen LogP contribution < -0.4 is 4.90 Å². The summed E-state index contributed by atoms with van der Waals surface area (Å²) in [4.78, 5) is 6.48. The molecule has 0 unspecified atom stereocenters. The van der Waals surface area contributed by atoms with E-state index in [1.807, 2.05) is 0 Å². The molecule has 0 bridgehead atoms.